The molecule has 0 atom stereocenters. The second-order valence-corrected chi connectivity index (χ2v) is 5.62. The summed E-state index contributed by atoms with van der Waals surface area (Å²) in [5.74, 6) is 2.16. The molecule has 0 amide bonds. The molecule has 5 heteroatoms. The summed E-state index contributed by atoms with van der Waals surface area (Å²) < 4.78 is 5.91. The minimum atomic E-state index is 0.572. The molecule has 4 nitrogen and oxygen atoms in total. The lowest BCUT2D eigenvalue weighted by atomic mass is 10.0. The summed E-state index contributed by atoms with van der Waals surface area (Å²) in [5, 5.41) is 3.25. The van der Waals surface area contributed by atoms with Crippen LogP contribution in [0, 0.1) is 5.92 Å². The number of ether oxygens (including phenoxy) is 1. The van der Waals surface area contributed by atoms with Gasteiger partial charge in [0.25, 0.3) is 0 Å². The van der Waals surface area contributed by atoms with E-state index in [2.05, 4.69) is 31.2 Å². The number of anilines is 1. The third-order valence-corrected chi connectivity index (χ3v) is 4.00. The SMILES string of the molecule is COc1nc(NCCCC2CCCC2)ncc1Br. The lowest BCUT2D eigenvalue weighted by molar-refractivity contribution is 0.394. The maximum atomic E-state index is 5.14. The van der Waals surface area contributed by atoms with E-state index < -0.39 is 0 Å². The molecule has 0 unspecified atom stereocenters. The molecule has 1 aliphatic rings. The van der Waals surface area contributed by atoms with Gasteiger partial charge in [0.2, 0.25) is 11.8 Å². The molecule has 0 bridgehead atoms. The van der Waals surface area contributed by atoms with Crippen LogP contribution >= 0.6 is 15.9 Å². The molecule has 1 aromatic rings. The van der Waals surface area contributed by atoms with Crippen LogP contribution < -0.4 is 10.1 Å². The van der Waals surface area contributed by atoms with Gasteiger partial charge in [-0.3, -0.25) is 0 Å². The van der Waals surface area contributed by atoms with E-state index in [9.17, 15) is 0 Å². The molecular formula is C13H20BrN3O. The Morgan fingerprint density at radius 2 is 2.22 bits per heavy atom. The van der Waals surface area contributed by atoms with Crippen molar-refractivity contribution in [1.29, 1.82) is 0 Å². The Morgan fingerprint density at radius 1 is 1.44 bits per heavy atom. The van der Waals surface area contributed by atoms with Crippen LogP contribution in [-0.2, 0) is 0 Å². The highest BCUT2D eigenvalue weighted by atomic mass is 79.9. The molecule has 2 rings (SSSR count). The summed E-state index contributed by atoms with van der Waals surface area (Å²) in [6.45, 7) is 0.932. The summed E-state index contributed by atoms with van der Waals surface area (Å²) in [6.07, 6.45) is 9.90. The van der Waals surface area contributed by atoms with E-state index in [1.807, 2.05) is 0 Å². The fraction of sp³-hybridized carbons (Fsp3) is 0.692. The molecule has 1 saturated carbocycles. The normalized spacial score (nSPS) is 15.9. The maximum absolute atomic E-state index is 5.14. The van der Waals surface area contributed by atoms with Gasteiger partial charge in [0.1, 0.15) is 0 Å². The molecule has 0 spiro atoms. The summed E-state index contributed by atoms with van der Waals surface area (Å²) >= 11 is 3.34. The van der Waals surface area contributed by atoms with Crippen LogP contribution in [0.2, 0.25) is 0 Å². The van der Waals surface area contributed by atoms with E-state index in [1.54, 1.807) is 13.3 Å². The van der Waals surface area contributed by atoms with Crippen LogP contribution in [0.25, 0.3) is 0 Å². The Kier molecular flexibility index (Phi) is 5.23. The summed E-state index contributed by atoms with van der Waals surface area (Å²) in [4.78, 5) is 8.48. The van der Waals surface area contributed by atoms with Gasteiger partial charge in [0.15, 0.2) is 0 Å². The van der Waals surface area contributed by atoms with Gasteiger partial charge in [0.05, 0.1) is 17.8 Å². The van der Waals surface area contributed by atoms with Gasteiger partial charge >= 0.3 is 0 Å². The molecule has 1 N–H and O–H groups in total. The number of rotatable bonds is 6. The molecule has 18 heavy (non-hydrogen) atoms. The highest BCUT2D eigenvalue weighted by Gasteiger charge is 2.14. The number of aromatic nitrogens is 2. The van der Waals surface area contributed by atoms with Gasteiger partial charge in [-0.25, -0.2) is 4.98 Å². The number of methoxy groups -OCH3 is 1. The van der Waals surface area contributed by atoms with Crippen molar-refractivity contribution in [2.24, 2.45) is 5.92 Å². The van der Waals surface area contributed by atoms with Crippen molar-refractivity contribution in [3.63, 3.8) is 0 Å². The molecule has 1 heterocycles. The smallest absolute Gasteiger partial charge is 0.232 e. The second-order valence-electron chi connectivity index (χ2n) is 4.77. The van der Waals surface area contributed by atoms with E-state index in [4.69, 9.17) is 4.74 Å². The van der Waals surface area contributed by atoms with Crippen LogP contribution in [0.1, 0.15) is 38.5 Å². The Labute approximate surface area is 117 Å². The van der Waals surface area contributed by atoms with E-state index in [-0.39, 0.29) is 0 Å². The minimum Gasteiger partial charge on any atom is -0.480 e. The van der Waals surface area contributed by atoms with Gasteiger partial charge in [0, 0.05) is 6.54 Å². The van der Waals surface area contributed by atoms with Crippen molar-refractivity contribution >= 4 is 21.9 Å². The maximum Gasteiger partial charge on any atom is 0.232 e. The first kappa shape index (κ1) is 13.6. The molecule has 1 fully saturated rings. The first-order valence-electron chi connectivity index (χ1n) is 6.60. The zero-order chi connectivity index (χ0) is 12.8. The Bertz CT molecular complexity index is 380. The summed E-state index contributed by atoms with van der Waals surface area (Å²) in [7, 11) is 1.61. The molecule has 0 radical (unpaired) electrons. The third kappa shape index (κ3) is 3.83. The van der Waals surface area contributed by atoms with Gasteiger partial charge in [-0.1, -0.05) is 25.7 Å². The van der Waals surface area contributed by atoms with Crippen LogP contribution in [0.4, 0.5) is 5.95 Å². The average molecular weight is 314 g/mol. The number of halogens is 1. The first-order chi connectivity index (χ1) is 8.79. The fourth-order valence-corrected chi connectivity index (χ4v) is 2.82. The van der Waals surface area contributed by atoms with Crippen molar-refractivity contribution in [2.75, 3.05) is 19.0 Å². The fourth-order valence-electron chi connectivity index (χ4n) is 2.47. The van der Waals surface area contributed by atoms with Crippen molar-refractivity contribution in [3.8, 4) is 5.88 Å². The standard InChI is InChI=1S/C13H20BrN3O/c1-18-12-11(14)9-16-13(17-12)15-8-4-7-10-5-2-3-6-10/h9-10H,2-8H2,1H3,(H,15,16,17). The zero-order valence-electron chi connectivity index (χ0n) is 10.8. The summed E-state index contributed by atoms with van der Waals surface area (Å²) in [5.41, 5.74) is 0. The van der Waals surface area contributed by atoms with E-state index in [1.165, 1.54) is 38.5 Å². The topological polar surface area (TPSA) is 47.0 Å². The highest BCUT2D eigenvalue weighted by molar-refractivity contribution is 9.10. The van der Waals surface area contributed by atoms with Gasteiger partial charge in [-0.05, 0) is 34.7 Å². The van der Waals surface area contributed by atoms with E-state index in [0.717, 1.165) is 16.9 Å². The van der Waals surface area contributed by atoms with Crippen LogP contribution in [-0.4, -0.2) is 23.6 Å². The monoisotopic (exact) mass is 313 g/mol. The molecule has 1 aromatic heterocycles. The van der Waals surface area contributed by atoms with Crippen LogP contribution in [0.3, 0.4) is 0 Å². The van der Waals surface area contributed by atoms with Crippen molar-refractivity contribution in [1.82, 2.24) is 9.97 Å². The largest absolute Gasteiger partial charge is 0.480 e. The molecule has 0 aliphatic heterocycles. The number of hydrogen-bond acceptors (Lipinski definition) is 4. The summed E-state index contributed by atoms with van der Waals surface area (Å²) in [6, 6.07) is 0. The van der Waals surface area contributed by atoms with Gasteiger partial charge in [-0.2, -0.15) is 4.98 Å². The average Bonchev–Trinajstić information content (AvgIpc) is 2.89. The van der Waals surface area contributed by atoms with Crippen LogP contribution in [0.5, 0.6) is 5.88 Å². The zero-order valence-corrected chi connectivity index (χ0v) is 12.4. The van der Waals surface area contributed by atoms with Gasteiger partial charge < -0.3 is 10.1 Å². The first-order valence-corrected chi connectivity index (χ1v) is 7.39. The number of hydrogen-bond donors (Lipinski definition) is 1. The quantitative estimate of drug-likeness (QED) is 0.815. The van der Waals surface area contributed by atoms with Crippen molar-refractivity contribution in [2.45, 2.75) is 38.5 Å². The highest BCUT2D eigenvalue weighted by Crippen LogP contribution is 2.28. The Balaban J connectivity index is 1.72. The lowest BCUT2D eigenvalue weighted by Crippen LogP contribution is -2.07. The van der Waals surface area contributed by atoms with Crippen LogP contribution in [0.15, 0.2) is 10.7 Å². The molecule has 1 aliphatic carbocycles. The van der Waals surface area contributed by atoms with Crippen molar-refractivity contribution in [3.05, 3.63) is 10.7 Å². The number of nitrogens with one attached hydrogen (secondary N) is 1. The molecule has 100 valence electrons. The third-order valence-electron chi connectivity index (χ3n) is 3.45. The predicted octanol–water partition coefficient (Wildman–Crippen LogP) is 3.63. The number of nitrogens with zero attached hydrogens (tertiary/aromatic N) is 2. The second kappa shape index (κ2) is 6.92. The molecule has 0 saturated heterocycles. The Hall–Kier alpha value is -0.840. The van der Waals surface area contributed by atoms with E-state index >= 15 is 0 Å². The lowest BCUT2D eigenvalue weighted by Gasteiger charge is -2.10. The van der Waals surface area contributed by atoms with Crippen molar-refractivity contribution < 1.29 is 4.74 Å². The van der Waals surface area contributed by atoms with E-state index in [0.29, 0.717) is 11.8 Å². The minimum absolute atomic E-state index is 0.572. The molecule has 0 aromatic carbocycles. The predicted molar refractivity (Wildman–Crippen MR) is 76.0 cm³/mol. The Morgan fingerprint density at radius 3 is 2.94 bits per heavy atom. The van der Waals surface area contributed by atoms with Gasteiger partial charge in [-0.15, -0.1) is 0 Å². The molecular weight excluding hydrogens is 294 g/mol.